The Hall–Kier alpha value is 0.210. The molecular formula is C12H21IN2O2S. The van der Waals surface area contributed by atoms with Crippen LogP contribution in [0, 0.1) is 5.92 Å². The number of alkyl halides is 1. The van der Waals surface area contributed by atoms with Crippen LogP contribution in [0.2, 0.25) is 0 Å². The first-order chi connectivity index (χ1) is 8.60. The van der Waals surface area contributed by atoms with Crippen LogP contribution in [-0.4, -0.2) is 36.0 Å². The fraction of sp³-hybridized carbons (Fsp3) is 0.750. The Labute approximate surface area is 127 Å². The molecule has 18 heavy (non-hydrogen) atoms. The number of methoxy groups -OCH3 is 1. The molecule has 3 atom stereocenters. The van der Waals surface area contributed by atoms with E-state index < -0.39 is 0 Å². The fourth-order valence-corrected chi connectivity index (χ4v) is 3.22. The van der Waals surface area contributed by atoms with Gasteiger partial charge in [-0.15, -0.1) is 11.8 Å². The van der Waals surface area contributed by atoms with E-state index in [0.29, 0.717) is 12.5 Å². The van der Waals surface area contributed by atoms with Crippen molar-refractivity contribution in [3.8, 4) is 0 Å². The quantitative estimate of drug-likeness (QED) is 0.318. The highest BCUT2D eigenvalue weighted by atomic mass is 127. The van der Waals surface area contributed by atoms with E-state index in [1.54, 1.807) is 18.9 Å². The molecular weight excluding hydrogens is 363 g/mol. The minimum absolute atomic E-state index is 0.0363. The third kappa shape index (κ3) is 4.71. The van der Waals surface area contributed by atoms with Crippen LogP contribution in [0.5, 0.6) is 0 Å². The number of nitrogens with two attached hydrogens (primary N) is 1. The van der Waals surface area contributed by atoms with E-state index in [9.17, 15) is 0 Å². The van der Waals surface area contributed by atoms with Gasteiger partial charge >= 0.3 is 0 Å². The molecule has 0 radical (unpaired) electrons. The summed E-state index contributed by atoms with van der Waals surface area (Å²) in [6.07, 6.45) is 2.64. The monoisotopic (exact) mass is 384 g/mol. The first-order valence-electron chi connectivity index (χ1n) is 6.02. The molecule has 0 bridgehead atoms. The van der Waals surface area contributed by atoms with Gasteiger partial charge in [-0.2, -0.15) is 0 Å². The smallest absolute Gasteiger partial charge is 0.199 e. The molecule has 1 rings (SSSR count). The van der Waals surface area contributed by atoms with Gasteiger partial charge < -0.3 is 15.2 Å². The molecule has 4 nitrogen and oxygen atoms in total. The molecule has 1 heterocycles. The molecule has 0 aromatic heterocycles. The Morgan fingerprint density at radius 3 is 2.89 bits per heavy atom. The van der Waals surface area contributed by atoms with Crippen LogP contribution in [0.1, 0.15) is 20.3 Å². The average Bonchev–Trinajstić information content (AvgIpc) is 2.69. The van der Waals surface area contributed by atoms with Crippen molar-refractivity contribution in [2.75, 3.05) is 19.5 Å². The summed E-state index contributed by atoms with van der Waals surface area (Å²) >= 11 is 3.93. The Bertz CT molecular complexity index is 323. The molecule has 0 spiro atoms. The van der Waals surface area contributed by atoms with Crippen molar-refractivity contribution in [1.29, 1.82) is 0 Å². The molecule has 1 aliphatic heterocycles. The zero-order chi connectivity index (χ0) is 13.5. The van der Waals surface area contributed by atoms with Gasteiger partial charge in [0.2, 0.25) is 0 Å². The average molecular weight is 384 g/mol. The summed E-state index contributed by atoms with van der Waals surface area (Å²) in [5, 5.41) is 0. The number of rotatable bonds is 7. The molecule has 0 aromatic carbocycles. The molecule has 0 amide bonds. The minimum atomic E-state index is -0.133. The number of allylic oxidation sites excluding steroid dienone is 1. The van der Waals surface area contributed by atoms with Gasteiger partial charge in [-0.1, -0.05) is 6.92 Å². The van der Waals surface area contributed by atoms with Gasteiger partial charge in [0.15, 0.2) is 4.23 Å². The fourth-order valence-electron chi connectivity index (χ4n) is 1.66. The number of hydrogen-bond acceptors (Lipinski definition) is 5. The van der Waals surface area contributed by atoms with Crippen LogP contribution in [0.15, 0.2) is 15.6 Å². The van der Waals surface area contributed by atoms with E-state index in [4.69, 9.17) is 15.2 Å². The highest BCUT2D eigenvalue weighted by Crippen LogP contribution is 2.36. The molecule has 3 unspecified atom stereocenters. The number of ether oxygens (including phenoxy) is 2. The summed E-state index contributed by atoms with van der Waals surface area (Å²) in [6.45, 7) is 4.83. The Balaban J connectivity index is 2.63. The van der Waals surface area contributed by atoms with Crippen LogP contribution in [-0.2, 0) is 9.47 Å². The van der Waals surface area contributed by atoms with Gasteiger partial charge in [-0.05, 0) is 29.5 Å². The molecule has 1 aliphatic rings. The molecule has 0 fully saturated rings. The third-order valence-corrected chi connectivity index (χ3v) is 5.01. The molecule has 2 N–H and O–H groups in total. The summed E-state index contributed by atoms with van der Waals surface area (Å²) < 4.78 is 10.7. The third-order valence-electron chi connectivity index (χ3n) is 2.70. The molecule has 0 aliphatic carbocycles. The lowest BCUT2D eigenvalue weighted by molar-refractivity contribution is 0.0987. The second-order valence-electron chi connectivity index (χ2n) is 4.07. The van der Waals surface area contributed by atoms with Crippen LogP contribution < -0.4 is 5.73 Å². The first-order valence-corrected chi connectivity index (χ1v) is 8.25. The van der Waals surface area contributed by atoms with Crippen molar-refractivity contribution in [3.05, 3.63) is 10.6 Å². The zero-order valence-corrected chi connectivity index (χ0v) is 14.0. The summed E-state index contributed by atoms with van der Waals surface area (Å²) in [5.74, 6) is 1.50. The van der Waals surface area contributed by atoms with Crippen molar-refractivity contribution in [3.63, 3.8) is 0 Å². The van der Waals surface area contributed by atoms with Gasteiger partial charge in [0.05, 0.1) is 6.10 Å². The van der Waals surface area contributed by atoms with E-state index in [1.165, 1.54) is 4.91 Å². The van der Waals surface area contributed by atoms with Crippen LogP contribution in [0.4, 0.5) is 0 Å². The summed E-state index contributed by atoms with van der Waals surface area (Å²) in [6, 6.07) is 0. The summed E-state index contributed by atoms with van der Waals surface area (Å²) in [4.78, 5) is 5.45. The Morgan fingerprint density at radius 2 is 2.39 bits per heavy atom. The number of hydrogen-bond donors (Lipinski definition) is 1. The second-order valence-corrected chi connectivity index (χ2v) is 6.20. The predicted octanol–water partition coefficient (Wildman–Crippen LogP) is 2.77. The largest absolute Gasteiger partial charge is 0.401 e. The molecule has 0 saturated carbocycles. The van der Waals surface area contributed by atoms with Gasteiger partial charge in [0.25, 0.3) is 0 Å². The molecule has 104 valence electrons. The maximum absolute atomic E-state index is 6.12. The van der Waals surface area contributed by atoms with E-state index >= 15 is 0 Å². The standard InChI is InChI=1S/C12H21IN2O2S/c1-4-17-9(5-6-15-12(13)16-3)11-10(14)8(2)7-18-11/h6,8-9,12H,4-5,7,14H2,1-3H3. The van der Waals surface area contributed by atoms with Gasteiger partial charge in [-0.25, -0.2) is 0 Å². The molecule has 0 saturated heterocycles. The van der Waals surface area contributed by atoms with E-state index in [2.05, 4.69) is 34.5 Å². The van der Waals surface area contributed by atoms with Gasteiger partial charge in [0.1, 0.15) is 0 Å². The maximum atomic E-state index is 6.12. The lowest BCUT2D eigenvalue weighted by atomic mass is 10.1. The zero-order valence-electron chi connectivity index (χ0n) is 11.1. The van der Waals surface area contributed by atoms with Gasteiger partial charge in [-0.3, -0.25) is 4.99 Å². The number of aliphatic imine (C=N–C) groups is 1. The number of nitrogens with zero attached hydrogens (tertiary/aromatic N) is 1. The van der Waals surface area contributed by atoms with Crippen molar-refractivity contribution in [1.82, 2.24) is 0 Å². The highest BCUT2D eigenvalue weighted by Gasteiger charge is 2.26. The molecule has 6 heteroatoms. The number of thioether (sulfide) groups is 1. The minimum Gasteiger partial charge on any atom is -0.401 e. The highest BCUT2D eigenvalue weighted by molar-refractivity contribution is 14.1. The van der Waals surface area contributed by atoms with E-state index in [-0.39, 0.29) is 10.3 Å². The van der Waals surface area contributed by atoms with Crippen molar-refractivity contribution >= 4 is 40.6 Å². The van der Waals surface area contributed by atoms with E-state index in [0.717, 1.165) is 17.9 Å². The van der Waals surface area contributed by atoms with Crippen LogP contribution in [0.25, 0.3) is 0 Å². The summed E-state index contributed by atoms with van der Waals surface area (Å²) in [7, 11) is 1.64. The Kier molecular flexibility index (Phi) is 7.59. The number of halogens is 1. The van der Waals surface area contributed by atoms with Crippen molar-refractivity contribution in [2.45, 2.75) is 30.6 Å². The van der Waals surface area contributed by atoms with Crippen molar-refractivity contribution in [2.24, 2.45) is 16.6 Å². The van der Waals surface area contributed by atoms with Gasteiger partial charge in [0, 0.05) is 48.6 Å². The second kappa shape index (κ2) is 8.39. The predicted molar refractivity (Wildman–Crippen MR) is 86.2 cm³/mol. The first kappa shape index (κ1) is 16.3. The summed E-state index contributed by atoms with van der Waals surface area (Å²) in [5.41, 5.74) is 7.10. The van der Waals surface area contributed by atoms with E-state index in [1.807, 2.05) is 13.1 Å². The molecule has 0 aromatic rings. The SMILES string of the molecule is CCOC(CC=NC(I)OC)C1=C(N)C(C)CS1. The maximum Gasteiger partial charge on any atom is 0.199 e. The van der Waals surface area contributed by atoms with Crippen LogP contribution in [0.3, 0.4) is 0 Å². The van der Waals surface area contributed by atoms with Crippen LogP contribution >= 0.6 is 34.4 Å². The lowest BCUT2D eigenvalue weighted by Gasteiger charge is -2.17. The topological polar surface area (TPSA) is 56.8 Å². The van der Waals surface area contributed by atoms with Crippen molar-refractivity contribution < 1.29 is 9.47 Å². The lowest BCUT2D eigenvalue weighted by Crippen LogP contribution is -2.18. The normalized spacial score (nSPS) is 23.9. The Morgan fingerprint density at radius 1 is 1.67 bits per heavy atom.